The molecule has 156 valence electrons. The Bertz CT molecular complexity index is 1160. The van der Waals surface area contributed by atoms with E-state index in [0.717, 1.165) is 4.70 Å². The third kappa shape index (κ3) is 4.54. The third-order valence-electron chi connectivity index (χ3n) is 4.08. The lowest BCUT2D eigenvalue weighted by molar-refractivity contribution is -0.384. The molecule has 10 heteroatoms. The van der Waals surface area contributed by atoms with Crippen molar-refractivity contribution in [2.24, 2.45) is 4.99 Å². The van der Waals surface area contributed by atoms with Crippen LogP contribution in [0.4, 0.5) is 5.69 Å². The molecule has 0 bridgehead atoms. The normalized spacial score (nSPS) is 11.5. The minimum atomic E-state index is -0.577. The monoisotopic (exact) mass is 429 g/mol. The number of nitrogens with zero attached hydrogens (tertiary/aromatic N) is 3. The molecule has 3 aromatic rings. The summed E-state index contributed by atoms with van der Waals surface area (Å²) in [6, 6.07) is 10.6. The second kappa shape index (κ2) is 9.31. The Hall–Kier alpha value is -3.53. The van der Waals surface area contributed by atoms with E-state index in [-0.39, 0.29) is 24.4 Å². The van der Waals surface area contributed by atoms with Crippen molar-refractivity contribution >= 4 is 39.1 Å². The first-order chi connectivity index (χ1) is 14.4. The number of amides is 1. The van der Waals surface area contributed by atoms with Crippen molar-refractivity contribution in [3.05, 3.63) is 62.9 Å². The van der Waals surface area contributed by atoms with E-state index in [0.29, 0.717) is 22.7 Å². The van der Waals surface area contributed by atoms with Crippen LogP contribution in [0.25, 0.3) is 10.2 Å². The fourth-order valence-corrected chi connectivity index (χ4v) is 3.86. The van der Waals surface area contributed by atoms with Gasteiger partial charge in [-0.1, -0.05) is 17.4 Å². The van der Waals surface area contributed by atoms with Gasteiger partial charge in [-0.3, -0.25) is 19.7 Å². The van der Waals surface area contributed by atoms with Crippen LogP contribution in [0.15, 0.2) is 47.5 Å². The molecule has 0 radical (unpaired) electrons. The van der Waals surface area contributed by atoms with Crippen LogP contribution in [0.2, 0.25) is 0 Å². The summed E-state index contributed by atoms with van der Waals surface area (Å²) in [5.41, 5.74) is 0.727. The highest BCUT2D eigenvalue weighted by molar-refractivity contribution is 7.16. The molecule has 0 saturated carbocycles. The number of para-hydroxylation sites is 1. The summed E-state index contributed by atoms with van der Waals surface area (Å²) in [6.07, 6.45) is 0. The quantitative estimate of drug-likeness (QED) is 0.323. The summed E-state index contributed by atoms with van der Waals surface area (Å²) >= 11 is 1.23. The molecule has 0 aliphatic rings. The van der Waals surface area contributed by atoms with E-state index in [1.165, 1.54) is 35.6 Å². The highest BCUT2D eigenvalue weighted by Gasteiger charge is 2.16. The Labute approximate surface area is 175 Å². The summed E-state index contributed by atoms with van der Waals surface area (Å²) in [4.78, 5) is 39.5. The van der Waals surface area contributed by atoms with Gasteiger partial charge in [-0.15, -0.1) is 0 Å². The van der Waals surface area contributed by atoms with Gasteiger partial charge in [-0.05, 0) is 38.1 Å². The number of ether oxygens (including phenoxy) is 2. The molecule has 30 heavy (non-hydrogen) atoms. The molecule has 0 fully saturated rings. The molecule has 0 aliphatic carbocycles. The van der Waals surface area contributed by atoms with Gasteiger partial charge < -0.3 is 14.0 Å². The molecule has 9 nitrogen and oxygen atoms in total. The van der Waals surface area contributed by atoms with Gasteiger partial charge in [0.15, 0.2) is 4.80 Å². The lowest BCUT2D eigenvalue weighted by Crippen LogP contribution is -2.23. The van der Waals surface area contributed by atoms with E-state index in [1.807, 2.05) is 19.1 Å². The van der Waals surface area contributed by atoms with Crippen LogP contribution in [0.5, 0.6) is 5.75 Å². The van der Waals surface area contributed by atoms with Gasteiger partial charge in [-0.2, -0.15) is 4.99 Å². The Morgan fingerprint density at radius 2 is 1.87 bits per heavy atom. The van der Waals surface area contributed by atoms with E-state index in [4.69, 9.17) is 9.47 Å². The molecule has 1 heterocycles. The number of aromatic nitrogens is 1. The van der Waals surface area contributed by atoms with Gasteiger partial charge in [0, 0.05) is 17.7 Å². The zero-order valence-electron chi connectivity index (χ0n) is 16.4. The number of rotatable bonds is 7. The molecule has 0 spiro atoms. The Morgan fingerprint density at radius 3 is 2.50 bits per heavy atom. The van der Waals surface area contributed by atoms with Gasteiger partial charge in [-0.25, -0.2) is 0 Å². The molecule has 0 aliphatic heterocycles. The summed E-state index contributed by atoms with van der Waals surface area (Å²) in [5, 5.41) is 10.8. The number of esters is 1. The van der Waals surface area contributed by atoms with Crippen LogP contribution in [0, 0.1) is 10.1 Å². The second-order valence-corrected chi connectivity index (χ2v) is 7.04. The van der Waals surface area contributed by atoms with Gasteiger partial charge in [0.2, 0.25) is 0 Å². The predicted molar refractivity (Wildman–Crippen MR) is 111 cm³/mol. The van der Waals surface area contributed by atoms with Crippen molar-refractivity contribution in [3.63, 3.8) is 0 Å². The number of nitro groups is 1. The molecule has 0 atom stereocenters. The number of hydrogen-bond acceptors (Lipinski definition) is 7. The van der Waals surface area contributed by atoms with Gasteiger partial charge in [0.25, 0.3) is 11.6 Å². The number of fused-ring (bicyclic) bond motifs is 1. The molecule has 0 saturated heterocycles. The van der Waals surface area contributed by atoms with Gasteiger partial charge in [0.05, 0.1) is 22.8 Å². The van der Waals surface area contributed by atoms with E-state index < -0.39 is 16.8 Å². The van der Waals surface area contributed by atoms with Gasteiger partial charge >= 0.3 is 5.97 Å². The van der Waals surface area contributed by atoms with Crippen molar-refractivity contribution in [2.45, 2.75) is 20.4 Å². The summed E-state index contributed by atoms with van der Waals surface area (Å²) in [6.45, 7) is 4.09. The van der Waals surface area contributed by atoms with Crippen molar-refractivity contribution in [1.82, 2.24) is 4.57 Å². The average molecular weight is 429 g/mol. The second-order valence-electron chi connectivity index (χ2n) is 6.03. The predicted octanol–water partition coefficient (Wildman–Crippen LogP) is 3.31. The first-order valence-corrected chi connectivity index (χ1v) is 10.0. The number of carbonyl (C=O) groups is 2. The van der Waals surface area contributed by atoms with E-state index in [2.05, 4.69) is 4.99 Å². The highest BCUT2D eigenvalue weighted by atomic mass is 32.1. The highest BCUT2D eigenvalue weighted by Crippen LogP contribution is 2.27. The van der Waals surface area contributed by atoms with E-state index in [9.17, 15) is 19.7 Å². The minimum absolute atomic E-state index is 0.118. The number of hydrogen-bond donors (Lipinski definition) is 0. The van der Waals surface area contributed by atoms with Crippen molar-refractivity contribution in [3.8, 4) is 5.75 Å². The first kappa shape index (κ1) is 21.2. The van der Waals surface area contributed by atoms with Gasteiger partial charge in [0.1, 0.15) is 17.8 Å². The zero-order valence-corrected chi connectivity index (χ0v) is 17.2. The fraction of sp³-hybridized carbons (Fsp3) is 0.250. The number of non-ortho nitro benzene ring substituents is 1. The number of carbonyl (C=O) groups excluding carboxylic acids is 2. The third-order valence-corrected chi connectivity index (χ3v) is 5.12. The Morgan fingerprint density at radius 1 is 1.13 bits per heavy atom. The maximum atomic E-state index is 12.7. The SMILES string of the molecule is CCOC(=O)Cn1c(=NC(=O)c2ccc([N+](=O)[O-])cc2)sc2cccc(OCC)c21. The van der Waals surface area contributed by atoms with Crippen molar-refractivity contribution in [1.29, 1.82) is 0 Å². The Balaban J connectivity index is 2.11. The van der Waals surface area contributed by atoms with Crippen LogP contribution in [0.1, 0.15) is 24.2 Å². The largest absolute Gasteiger partial charge is 0.492 e. The topological polar surface area (TPSA) is 113 Å². The zero-order chi connectivity index (χ0) is 21.7. The molecular formula is C20H19N3O6S. The molecule has 2 aromatic carbocycles. The number of benzene rings is 2. The number of nitro benzene ring substituents is 1. The first-order valence-electron chi connectivity index (χ1n) is 9.18. The fourth-order valence-electron chi connectivity index (χ4n) is 2.81. The van der Waals surface area contributed by atoms with Crippen LogP contribution in [-0.4, -0.2) is 34.6 Å². The summed E-state index contributed by atoms with van der Waals surface area (Å²) < 4.78 is 13.1. The Kier molecular flexibility index (Phi) is 6.58. The maximum Gasteiger partial charge on any atom is 0.326 e. The smallest absolute Gasteiger partial charge is 0.326 e. The number of thiazole rings is 1. The lowest BCUT2D eigenvalue weighted by atomic mass is 10.2. The van der Waals surface area contributed by atoms with E-state index >= 15 is 0 Å². The molecular weight excluding hydrogens is 410 g/mol. The van der Waals surface area contributed by atoms with Crippen LogP contribution < -0.4 is 9.54 Å². The molecule has 0 unspecified atom stereocenters. The summed E-state index contributed by atoms with van der Waals surface area (Å²) in [7, 11) is 0. The van der Waals surface area contributed by atoms with Crippen LogP contribution in [-0.2, 0) is 16.1 Å². The molecule has 3 rings (SSSR count). The van der Waals surface area contributed by atoms with Crippen molar-refractivity contribution in [2.75, 3.05) is 13.2 Å². The van der Waals surface area contributed by atoms with E-state index in [1.54, 1.807) is 17.6 Å². The minimum Gasteiger partial charge on any atom is -0.492 e. The lowest BCUT2D eigenvalue weighted by Gasteiger charge is -2.09. The maximum absolute atomic E-state index is 12.7. The standard InChI is InChI=1S/C20H19N3O6S/c1-3-28-15-6-5-7-16-18(15)22(12-17(24)29-4-2)20(30-16)21-19(25)13-8-10-14(11-9-13)23(26)27/h5-11H,3-4,12H2,1-2H3. The van der Waals surface area contributed by atoms with Crippen molar-refractivity contribution < 1.29 is 24.0 Å². The molecule has 1 aromatic heterocycles. The van der Waals surface area contributed by atoms with Crippen LogP contribution in [0.3, 0.4) is 0 Å². The van der Waals surface area contributed by atoms with Crippen LogP contribution >= 0.6 is 11.3 Å². The average Bonchev–Trinajstić information content (AvgIpc) is 3.06. The molecule has 1 amide bonds. The summed E-state index contributed by atoms with van der Waals surface area (Å²) in [5.74, 6) is -0.473. The molecule has 0 N–H and O–H groups in total.